The van der Waals surface area contributed by atoms with Gasteiger partial charge in [0.1, 0.15) is 0 Å². The molecular formula is C15H20ClNO. The number of rotatable bonds is 4. The predicted octanol–water partition coefficient (Wildman–Crippen LogP) is 3.56. The number of nitrogens with one attached hydrogen (secondary N) is 1. The van der Waals surface area contributed by atoms with Gasteiger partial charge in [0, 0.05) is 17.0 Å². The zero-order valence-electron chi connectivity index (χ0n) is 10.7. The van der Waals surface area contributed by atoms with Crippen molar-refractivity contribution in [1.82, 2.24) is 5.32 Å². The third-order valence-electron chi connectivity index (χ3n) is 4.21. The Morgan fingerprint density at radius 1 is 1.44 bits per heavy atom. The summed E-state index contributed by atoms with van der Waals surface area (Å²) in [5, 5.41) is 4.43. The molecule has 0 spiro atoms. The molecule has 2 aliphatic heterocycles. The Balaban J connectivity index is 1.84. The van der Waals surface area contributed by atoms with E-state index in [-0.39, 0.29) is 0 Å². The highest BCUT2D eigenvalue weighted by atomic mass is 35.5. The maximum absolute atomic E-state index is 6.12. The second-order valence-corrected chi connectivity index (χ2v) is 5.80. The quantitative estimate of drug-likeness (QED) is 0.899. The molecule has 3 heteroatoms. The van der Waals surface area contributed by atoms with E-state index in [4.69, 9.17) is 16.3 Å². The zero-order valence-corrected chi connectivity index (χ0v) is 11.5. The van der Waals surface area contributed by atoms with Crippen LogP contribution in [0, 0.1) is 5.92 Å². The molecule has 0 aromatic heterocycles. The molecule has 18 heavy (non-hydrogen) atoms. The van der Waals surface area contributed by atoms with Crippen molar-refractivity contribution in [1.29, 1.82) is 0 Å². The van der Waals surface area contributed by atoms with Gasteiger partial charge in [0.2, 0.25) is 0 Å². The highest BCUT2D eigenvalue weighted by molar-refractivity contribution is 6.30. The van der Waals surface area contributed by atoms with Crippen LogP contribution in [0.5, 0.6) is 0 Å². The van der Waals surface area contributed by atoms with Crippen molar-refractivity contribution < 1.29 is 4.74 Å². The average molecular weight is 266 g/mol. The van der Waals surface area contributed by atoms with Gasteiger partial charge in [-0.05, 0) is 43.5 Å². The maximum Gasteiger partial charge on any atom is 0.0627 e. The van der Waals surface area contributed by atoms with Crippen LogP contribution in [0.3, 0.4) is 0 Å². The lowest BCUT2D eigenvalue weighted by Gasteiger charge is -2.29. The maximum atomic E-state index is 6.12. The molecule has 2 nitrogen and oxygen atoms in total. The Bertz CT molecular complexity index is 423. The van der Waals surface area contributed by atoms with Crippen LogP contribution in [0.25, 0.3) is 0 Å². The molecule has 0 saturated carbocycles. The lowest BCUT2D eigenvalue weighted by atomic mass is 9.81. The van der Waals surface area contributed by atoms with Crippen LogP contribution in [-0.4, -0.2) is 18.8 Å². The van der Waals surface area contributed by atoms with Gasteiger partial charge in [0.05, 0.1) is 12.2 Å². The fourth-order valence-corrected chi connectivity index (χ4v) is 3.66. The molecule has 1 N–H and O–H groups in total. The minimum absolute atomic E-state index is 0.379. The molecule has 2 bridgehead atoms. The molecule has 2 saturated heterocycles. The van der Waals surface area contributed by atoms with E-state index < -0.39 is 0 Å². The van der Waals surface area contributed by atoms with Gasteiger partial charge >= 0.3 is 0 Å². The van der Waals surface area contributed by atoms with Gasteiger partial charge in [-0.25, -0.2) is 0 Å². The third-order valence-corrected chi connectivity index (χ3v) is 4.45. The SMILES string of the molecule is CCNC(c1cccc(Cl)c1)C1CC2CCC1O2. The Labute approximate surface area is 114 Å². The second kappa shape index (κ2) is 5.20. The van der Waals surface area contributed by atoms with Gasteiger partial charge in [-0.15, -0.1) is 0 Å². The van der Waals surface area contributed by atoms with Crippen molar-refractivity contribution in [3.05, 3.63) is 34.9 Å². The number of hydrogen-bond acceptors (Lipinski definition) is 2. The summed E-state index contributed by atoms with van der Waals surface area (Å²) in [6.45, 7) is 3.14. The van der Waals surface area contributed by atoms with Crippen LogP contribution in [0.2, 0.25) is 5.02 Å². The van der Waals surface area contributed by atoms with E-state index in [9.17, 15) is 0 Å². The smallest absolute Gasteiger partial charge is 0.0627 e. The van der Waals surface area contributed by atoms with Crippen LogP contribution < -0.4 is 5.32 Å². The molecule has 0 aliphatic carbocycles. The van der Waals surface area contributed by atoms with Gasteiger partial charge in [0.25, 0.3) is 0 Å². The zero-order chi connectivity index (χ0) is 12.5. The van der Waals surface area contributed by atoms with Crippen molar-refractivity contribution in [3.8, 4) is 0 Å². The first-order valence-electron chi connectivity index (χ1n) is 6.92. The van der Waals surface area contributed by atoms with E-state index in [1.54, 1.807) is 0 Å². The summed E-state index contributed by atoms with van der Waals surface area (Å²) in [7, 11) is 0. The molecule has 2 aliphatic rings. The summed E-state index contributed by atoms with van der Waals surface area (Å²) < 4.78 is 5.99. The molecule has 2 heterocycles. The van der Waals surface area contributed by atoms with Crippen LogP contribution in [0.4, 0.5) is 0 Å². The van der Waals surface area contributed by atoms with E-state index >= 15 is 0 Å². The number of halogens is 1. The molecule has 1 aromatic carbocycles. The summed E-state index contributed by atoms with van der Waals surface area (Å²) >= 11 is 6.12. The minimum atomic E-state index is 0.379. The van der Waals surface area contributed by atoms with Crippen LogP contribution in [-0.2, 0) is 4.74 Å². The number of hydrogen-bond donors (Lipinski definition) is 1. The standard InChI is InChI=1S/C15H20ClNO/c1-2-17-15(10-4-3-5-11(16)8-10)13-9-12-6-7-14(13)18-12/h3-5,8,12-15,17H,2,6-7,9H2,1H3. The monoisotopic (exact) mass is 265 g/mol. The van der Waals surface area contributed by atoms with Crippen LogP contribution >= 0.6 is 11.6 Å². The van der Waals surface area contributed by atoms with Crippen molar-refractivity contribution >= 4 is 11.6 Å². The third kappa shape index (κ3) is 2.29. The molecule has 4 unspecified atom stereocenters. The number of benzene rings is 1. The van der Waals surface area contributed by atoms with Gasteiger partial charge in [-0.3, -0.25) is 0 Å². The summed E-state index contributed by atoms with van der Waals surface area (Å²) in [5.74, 6) is 0.599. The number of fused-ring (bicyclic) bond motifs is 2. The minimum Gasteiger partial charge on any atom is -0.375 e. The Kier molecular flexibility index (Phi) is 3.60. The van der Waals surface area contributed by atoms with Crippen LogP contribution in [0.1, 0.15) is 37.8 Å². The topological polar surface area (TPSA) is 21.3 Å². The summed E-state index contributed by atoms with van der Waals surface area (Å²) in [4.78, 5) is 0. The van der Waals surface area contributed by atoms with Crippen LogP contribution in [0.15, 0.2) is 24.3 Å². The predicted molar refractivity (Wildman–Crippen MR) is 73.9 cm³/mol. The first-order valence-corrected chi connectivity index (χ1v) is 7.30. The lowest BCUT2D eigenvalue weighted by molar-refractivity contribution is 0.0858. The van der Waals surface area contributed by atoms with Gasteiger partial charge in [0.15, 0.2) is 0 Å². The Morgan fingerprint density at radius 3 is 2.94 bits per heavy atom. The number of ether oxygens (including phenoxy) is 1. The van der Waals surface area contributed by atoms with Gasteiger partial charge in [-0.2, -0.15) is 0 Å². The average Bonchev–Trinajstić information content (AvgIpc) is 2.98. The molecule has 0 amide bonds. The summed E-state index contributed by atoms with van der Waals surface area (Å²) in [6, 6.07) is 8.61. The molecule has 4 atom stereocenters. The molecule has 3 rings (SSSR count). The van der Waals surface area contributed by atoms with E-state index in [1.807, 2.05) is 12.1 Å². The lowest BCUT2D eigenvalue weighted by Crippen LogP contribution is -2.33. The van der Waals surface area contributed by atoms with Crippen molar-refractivity contribution in [3.63, 3.8) is 0 Å². The van der Waals surface area contributed by atoms with Crippen molar-refractivity contribution in [2.45, 2.75) is 44.4 Å². The van der Waals surface area contributed by atoms with E-state index in [1.165, 1.54) is 24.8 Å². The summed E-state index contributed by atoms with van der Waals surface area (Å²) in [6.07, 6.45) is 4.60. The van der Waals surface area contributed by atoms with E-state index in [0.717, 1.165) is 11.6 Å². The Morgan fingerprint density at radius 2 is 2.33 bits per heavy atom. The fourth-order valence-electron chi connectivity index (χ4n) is 3.46. The van der Waals surface area contributed by atoms with Gasteiger partial charge < -0.3 is 10.1 Å². The van der Waals surface area contributed by atoms with Crippen molar-refractivity contribution in [2.24, 2.45) is 5.92 Å². The first kappa shape index (κ1) is 12.5. The molecule has 2 fully saturated rings. The largest absolute Gasteiger partial charge is 0.375 e. The Hall–Kier alpha value is -0.570. The van der Waals surface area contributed by atoms with E-state index in [2.05, 4.69) is 24.4 Å². The first-order chi connectivity index (χ1) is 8.78. The molecule has 1 aromatic rings. The van der Waals surface area contributed by atoms with Crippen molar-refractivity contribution in [2.75, 3.05) is 6.54 Å². The fraction of sp³-hybridized carbons (Fsp3) is 0.600. The summed E-state index contributed by atoms with van der Waals surface area (Å²) in [5.41, 5.74) is 1.30. The molecule has 0 radical (unpaired) electrons. The van der Waals surface area contributed by atoms with E-state index in [0.29, 0.717) is 24.2 Å². The normalized spacial score (nSPS) is 31.8. The second-order valence-electron chi connectivity index (χ2n) is 5.36. The highest BCUT2D eigenvalue weighted by Crippen LogP contribution is 2.44. The molecule has 98 valence electrons. The highest BCUT2D eigenvalue weighted by Gasteiger charge is 2.44. The van der Waals surface area contributed by atoms with Gasteiger partial charge in [-0.1, -0.05) is 30.7 Å². The molecular weight excluding hydrogens is 246 g/mol.